The van der Waals surface area contributed by atoms with Gasteiger partial charge in [-0.1, -0.05) is 18.9 Å². The van der Waals surface area contributed by atoms with Crippen LogP contribution in [-0.4, -0.2) is 71.8 Å². The maximum Gasteiger partial charge on any atom is 0.246 e. The average molecular weight is 556 g/mol. The summed E-state index contributed by atoms with van der Waals surface area (Å²) in [6.45, 7) is 1.11. The third-order valence-corrected chi connectivity index (χ3v) is 8.15. The van der Waals surface area contributed by atoms with Gasteiger partial charge < -0.3 is 20.1 Å². The Hall–Kier alpha value is -3.17. The molecule has 9 nitrogen and oxygen atoms in total. The Kier molecular flexibility index (Phi) is 9.45. The van der Waals surface area contributed by atoms with Crippen LogP contribution < -0.4 is 15.2 Å². The van der Waals surface area contributed by atoms with Crippen LogP contribution in [-0.2, 0) is 16.0 Å². The highest BCUT2D eigenvalue weighted by molar-refractivity contribution is 6.07. The van der Waals surface area contributed by atoms with E-state index in [4.69, 9.17) is 20.3 Å². The molecule has 10 heteroatoms. The molecule has 1 aliphatic carbocycles. The molecule has 2 aliphatic heterocycles. The van der Waals surface area contributed by atoms with Gasteiger partial charge in [0.05, 0.1) is 32.0 Å². The maximum atomic E-state index is 13.7. The Morgan fingerprint density at radius 2 is 1.74 bits per heavy atom. The van der Waals surface area contributed by atoms with Crippen LogP contribution in [0.4, 0.5) is 0 Å². The number of aromatic nitrogens is 1. The molecule has 2 amide bonds. The number of ether oxygens (including phenoxy) is 2. The first kappa shape index (κ1) is 28.8. The monoisotopic (exact) mass is 555 g/mol. The second kappa shape index (κ2) is 12.8. The summed E-state index contributed by atoms with van der Waals surface area (Å²) in [6.07, 6.45) is 7.46. The molecule has 5 rings (SSSR count). The molecule has 2 N–H and O–H groups in total. The fourth-order valence-corrected chi connectivity index (χ4v) is 6.09. The average Bonchev–Trinajstić information content (AvgIpc) is 2.97. The number of fused-ring (bicyclic) bond motifs is 1. The number of hydrogen-bond acceptors (Lipinski definition) is 7. The van der Waals surface area contributed by atoms with Crippen molar-refractivity contribution in [3.05, 3.63) is 53.9 Å². The van der Waals surface area contributed by atoms with Crippen LogP contribution in [0.5, 0.6) is 11.5 Å². The number of methoxy groups -OCH3 is 2. The highest BCUT2D eigenvalue weighted by Gasteiger charge is 2.44. The highest BCUT2D eigenvalue weighted by atomic mass is 35.5. The van der Waals surface area contributed by atoms with Crippen LogP contribution in [0, 0.1) is 11.8 Å². The minimum absolute atomic E-state index is 0. The number of likely N-dealkylation sites (tertiary alicyclic amines) is 1. The zero-order valence-corrected chi connectivity index (χ0v) is 23.4. The number of hydrogen-bond donors (Lipinski definition) is 1. The van der Waals surface area contributed by atoms with E-state index in [9.17, 15) is 9.59 Å². The number of benzene rings is 1. The number of piperidine rings is 1. The molecule has 3 heterocycles. The Bertz CT molecular complexity index is 1190. The topological polar surface area (TPSA) is 110 Å². The van der Waals surface area contributed by atoms with Crippen molar-refractivity contribution in [2.45, 2.75) is 57.0 Å². The summed E-state index contributed by atoms with van der Waals surface area (Å²) < 4.78 is 11.0. The molecular weight excluding hydrogens is 518 g/mol. The van der Waals surface area contributed by atoms with E-state index in [1.807, 2.05) is 41.3 Å². The van der Waals surface area contributed by atoms with E-state index in [1.54, 1.807) is 25.4 Å². The van der Waals surface area contributed by atoms with E-state index in [2.05, 4.69) is 4.98 Å². The summed E-state index contributed by atoms with van der Waals surface area (Å²) in [5.41, 5.74) is 8.96. The Labute approximate surface area is 236 Å². The van der Waals surface area contributed by atoms with Crippen molar-refractivity contribution in [3.8, 4) is 11.5 Å². The molecule has 1 saturated heterocycles. The molecule has 2 fully saturated rings. The lowest BCUT2D eigenvalue weighted by Gasteiger charge is -2.43. The second-order valence-corrected chi connectivity index (χ2v) is 10.4. The number of carbonyl (C=O) groups excluding carboxylic acids is 2. The summed E-state index contributed by atoms with van der Waals surface area (Å²) in [4.78, 5) is 32.8. The first-order chi connectivity index (χ1) is 18.5. The van der Waals surface area contributed by atoms with Gasteiger partial charge in [-0.15, -0.1) is 12.4 Å². The van der Waals surface area contributed by atoms with Gasteiger partial charge in [-0.3, -0.25) is 14.6 Å². The number of halogens is 1. The number of amides is 2. The number of pyridine rings is 1. The molecule has 0 spiro atoms. The van der Waals surface area contributed by atoms with Crippen LogP contribution >= 0.6 is 12.4 Å². The van der Waals surface area contributed by atoms with Crippen LogP contribution in [0.3, 0.4) is 0 Å². The van der Waals surface area contributed by atoms with Crippen LogP contribution in [0.25, 0.3) is 0 Å². The van der Waals surface area contributed by atoms with Crippen molar-refractivity contribution in [2.24, 2.45) is 22.7 Å². The molecule has 1 aromatic carbocycles. The fraction of sp³-hybridized carbons (Fsp3) is 0.517. The summed E-state index contributed by atoms with van der Waals surface area (Å²) in [5, 5.41) is 6.73. The molecule has 0 unspecified atom stereocenters. The van der Waals surface area contributed by atoms with Crippen LogP contribution in [0.1, 0.15) is 49.8 Å². The van der Waals surface area contributed by atoms with Crippen molar-refractivity contribution in [2.75, 3.05) is 27.3 Å². The largest absolute Gasteiger partial charge is 0.493 e. The molecule has 210 valence electrons. The van der Waals surface area contributed by atoms with Gasteiger partial charge in [0.2, 0.25) is 11.8 Å². The van der Waals surface area contributed by atoms with E-state index < -0.39 is 6.04 Å². The molecule has 3 aliphatic rings. The number of nitrogens with two attached hydrogens (primary N) is 1. The second-order valence-electron chi connectivity index (χ2n) is 10.4. The van der Waals surface area contributed by atoms with E-state index >= 15 is 0 Å². The third-order valence-electron chi connectivity index (χ3n) is 8.15. The lowest BCUT2D eigenvalue weighted by molar-refractivity contribution is -0.143. The molecule has 0 radical (unpaired) electrons. The smallest absolute Gasteiger partial charge is 0.246 e. The fourth-order valence-electron chi connectivity index (χ4n) is 6.09. The minimum atomic E-state index is -0.629. The standard InChI is InChI=1S/C29H37N5O4.ClH/c1-37-25-11-10-19(17-26(25)38-2)27-22-8-3-4-9-23(22)28(35)34(32-27)21-12-15-33(16-13-21)29(36)24(30)18-20-7-5-6-14-31-20;/h5-7,10-11,14,17,21-24H,3-4,8-9,12-13,15-16,18,30H2,1-2H3;1H/t22-,23+,24-;/m0./s1. The van der Waals surface area contributed by atoms with E-state index in [-0.39, 0.29) is 42.1 Å². The number of carbonyl (C=O) groups is 2. The van der Waals surface area contributed by atoms with Crippen molar-refractivity contribution in [1.82, 2.24) is 14.9 Å². The van der Waals surface area contributed by atoms with Crippen LogP contribution in [0.15, 0.2) is 47.7 Å². The van der Waals surface area contributed by atoms with Gasteiger partial charge in [0.1, 0.15) is 0 Å². The predicted octanol–water partition coefficient (Wildman–Crippen LogP) is 3.43. The summed E-state index contributed by atoms with van der Waals surface area (Å²) in [5.74, 6) is 1.42. The van der Waals surface area contributed by atoms with E-state index in [1.165, 1.54) is 0 Å². The summed E-state index contributed by atoms with van der Waals surface area (Å²) >= 11 is 0. The van der Waals surface area contributed by atoms with Gasteiger partial charge in [-0.2, -0.15) is 5.10 Å². The van der Waals surface area contributed by atoms with Gasteiger partial charge in [0.25, 0.3) is 0 Å². The van der Waals surface area contributed by atoms with Crippen molar-refractivity contribution in [1.29, 1.82) is 0 Å². The maximum absolute atomic E-state index is 13.7. The van der Waals surface area contributed by atoms with Gasteiger partial charge >= 0.3 is 0 Å². The van der Waals surface area contributed by atoms with Crippen molar-refractivity contribution in [3.63, 3.8) is 0 Å². The summed E-state index contributed by atoms with van der Waals surface area (Å²) in [7, 11) is 3.25. The Morgan fingerprint density at radius 1 is 1.03 bits per heavy atom. The molecular formula is C29H38ClN5O4. The van der Waals surface area contributed by atoms with Gasteiger partial charge in [0, 0.05) is 48.8 Å². The Morgan fingerprint density at radius 3 is 2.41 bits per heavy atom. The first-order valence-corrected chi connectivity index (χ1v) is 13.6. The third kappa shape index (κ3) is 6.04. The van der Waals surface area contributed by atoms with Crippen LogP contribution in [0.2, 0.25) is 0 Å². The first-order valence-electron chi connectivity index (χ1n) is 13.6. The predicted molar refractivity (Wildman–Crippen MR) is 151 cm³/mol. The zero-order valence-electron chi connectivity index (χ0n) is 22.6. The highest BCUT2D eigenvalue weighted by Crippen LogP contribution is 2.40. The lowest BCUT2D eigenvalue weighted by Crippen LogP contribution is -2.54. The quantitative estimate of drug-likeness (QED) is 0.560. The molecule has 3 atom stereocenters. The van der Waals surface area contributed by atoms with E-state index in [0.717, 1.165) is 42.7 Å². The molecule has 39 heavy (non-hydrogen) atoms. The van der Waals surface area contributed by atoms with Gasteiger partial charge in [-0.05, 0) is 56.0 Å². The summed E-state index contributed by atoms with van der Waals surface area (Å²) in [6, 6.07) is 10.8. The van der Waals surface area contributed by atoms with Crippen molar-refractivity contribution >= 4 is 29.9 Å². The minimum Gasteiger partial charge on any atom is -0.493 e. The number of nitrogens with zero attached hydrogens (tertiary/aromatic N) is 4. The SMILES string of the molecule is COc1ccc(C2=NN(C3CCN(C(=O)[C@@H](N)Cc4ccccn4)CC3)C(=O)[C@@H]3CCCC[C@H]23)cc1OC.Cl. The normalized spacial score (nSPS) is 22.3. The van der Waals surface area contributed by atoms with Gasteiger partial charge in [-0.25, -0.2) is 5.01 Å². The lowest BCUT2D eigenvalue weighted by atomic mass is 9.73. The van der Waals surface area contributed by atoms with E-state index in [0.29, 0.717) is 43.9 Å². The molecule has 1 saturated carbocycles. The zero-order chi connectivity index (χ0) is 26.6. The van der Waals surface area contributed by atoms with Gasteiger partial charge in [0.15, 0.2) is 11.5 Å². The molecule has 2 aromatic rings. The Balaban J connectivity index is 0.00000353. The number of rotatable bonds is 7. The molecule has 0 bridgehead atoms. The molecule has 1 aromatic heterocycles. The van der Waals surface area contributed by atoms with Crippen molar-refractivity contribution < 1.29 is 19.1 Å². The number of hydrazone groups is 1.